The normalized spacial score (nSPS) is 12.1. The van der Waals surface area contributed by atoms with Gasteiger partial charge >= 0.3 is 0 Å². The number of aromatic nitrogens is 1. The van der Waals surface area contributed by atoms with Crippen LogP contribution in [0.15, 0.2) is 48.7 Å². The van der Waals surface area contributed by atoms with Crippen molar-refractivity contribution < 1.29 is 4.79 Å². The molecule has 4 heteroatoms. The lowest BCUT2D eigenvalue weighted by Crippen LogP contribution is -2.28. The standard InChI is InChI=1S/C13H13N3O/c14-12(13(15)17)10-6-7-11(16-8-10)9-4-2-1-3-5-9/h1-8,12H,14H2,(H2,15,17). The summed E-state index contributed by atoms with van der Waals surface area (Å²) in [4.78, 5) is 15.2. The Labute approximate surface area is 99.3 Å². The molecular weight excluding hydrogens is 214 g/mol. The maximum atomic E-state index is 10.9. The second-order valence-electron chi connectivity index (χ2n) is 3.72. The Morgan fingerprint density at radius 2 is 1.82 bits per heavy atom. The van der Waals surface area contributed by atoms with E-state index in [0.29, 0.717) is 5.56 Å². The van der Waals surface area contributed by atoms with E-state index in [9.17, 15) is 4.79 Å². The van der Waals surface area contributed by atoms with E-state index in [-0.39, 0.29) is 0 Å². The molecule has 2 aromatic rings. The largest absolute Gasteiger partial charge is 0.368 e. The van der Waals surface area contributed by atoms with Crippen LogP contribution in [0.2, 0.25) is 0 Å². The van der Waals surface area contributed by atoms with Gasteiger partial charge in [-0.25, -0.2) is 0 Å². The van der Waals surface area contributed by atoms with Crippen molar-refractivity contribution in [2.24, 2.45) is 11.5 Å². The lowest BCUT2D eigenvalue weighted by molar-refractivity contribution is -0.119. The number of carbonyl (C=O) groups excluding carboxylic acids is 1. The summed E-state index contributed by atoms with van der Waals surface area (Å²) < 4.78 is 0. The topological polar surface area (TPSA) is 82.0 Å². The van der Waals surface area contributed by atoms with E-state index in [4.69, 9.17) is 11.5 Å². The number of rotatable bonds is 3. The summed E-state index contributed by atoms with van der Waals surface area (Å²) in [6.45, 7) is 0. The van der Waals surface area contributed by atoms with Crippen molar-refractivity contribution in [1.82, 2.24) is 4.98 Å². The molecule has 4 N–H and O–H groups in total. The van der Waals surface area contributed by atoms with Crippen LogP contribution in [-0.4, -0.2) is 10.9 Å². The predicted octanol–water partition coefficient (Wildman–Crippen LogP) is 1.23. The van der Waals surface area contributed by atoms with Gasteiger partial charge in [-0.15, -0.1) is 0 Å². The van der Waals surface area contributed by atoms with Crippen molar-refractivity contribution in [3.05, 3.63) is 54.2 Å². The number of primary amides is 1. The smallest absolute Gasteiger partial charge is 0.238 e. The van der Waals surface area contributed by atoms with E-state index in [0.717, 1.165) is 11.3 Å². The van der Waals surface area contributed by atoms with Crippen LogP contribution in [0.3, 0.4) is 0 Å². The van der Waals surface area contributed by atoms with Crippen molar-refractivity contribution in [1.29, 1.82) is 0 Å². The van der Waals surface area contributed by atoms with Crippen molar-refractivity contribution in [2.75, 3.05) is 0 Å². The second kappa shape index (κ2) is 4.76. The van der Waals surface area contributed by atoms with Crippen LogP contribution in [0.5, 0.6) is 0 Å². The molecule has 1 amide bonds. The highest BCUT2D eigenvalue weighted by atomic mass is 16.1. The molecule has 1 atom stereocenters. The molecule has 86 valence electrons. The van der Waals surface area contributed by atoms with Gasteiger partial charge in [0.1, 0.15) is 6.04 Å². The first kappa shape index (κ1) is 11.3. The fraction of sp³-hybridized carbons (Fsp3) is 0.0769. The van der Waals surface area contributed by atoms with E-state index >= 15 is 0 Å². The molecule has 0 spiro atoms. The summed E-state index contributed by atoms with van der Waals surface area (Å²) in [6, 6.07) is 12.6. The van der Waals surface area contributed by atoms with E-state index in [1.807, 2.05) is 36.4 Å². The highest BCUT2D eigenvalue weighted by Gasteiger charge is 2.12. The molecule has 0 aliphatic rings. The average Bonchev–Trinajstić information content (AvgIpc) is 2.39. The fourth-order valence-corrected chi connectivity index (χ4v) is 1.53. The fourth-order valence-electron chi connectivity index (χ4n) is 1.53. The Kier molecular flexibility index (Phi) is 3.16. The minimum atomic E-state index is -0.799. The first-order chi connectivity index (χ1) is 8.18. The number of amides is 1. The van der Waals surface area contributed by atoms with Gasteiger partial charge in [0.15, 0.2) is 0 Å². The predicted molar refractivity (Wildman–Crippen MR) is 65.8 cm³/mol. The van der Waals surface area contributed by atoms with E-state index in [1.54, 1.807) is 12.3 Å². The minimum absolute atomic E-state index is 0.556. The third kappa shape index (κ3) is 2.49. The van der Waals surface area contributed by atoms with Crippen molar-refractivity contribution in [3.8, 4) is 11.3 Å². The molecule has 17 heavy (non-hydrogen) atoms. The first-order valence-corrected chi connectivity index (χ1v) is 5.25. The van der Waals surface area contributed by atoms with Gasteiger partial charge < -0.3 is 11.5 Å². The highest BCUT2D eigenvalue weighted by molar-refractivity contribution is 5.81. The van der Waals surface area contributed by atoms with Crippen LogP contribution in [-0.2, 0) is 4.79 Å². The van der Waals surface area contributed by atoms with Gasteiger partial charge in [-0.05, 0) is 11.6 Å². The van der Waals surface area contributed by atoms with Gasteiger partial charge in [-0.1, -0.05) is 36.4 Å². The van der Waals surface area contributed by atoms with Gasteiger partial charge in [0.05, 0.1) is 5.69 Å². The maximum Gasteiger partial charge on any atom is 0.238 e. The number of nitrogens with zero attached hydrogens (tertiary/aromatic N) is 1. The Balaban J connectivity index is 2.28. The molecule has 0 saturated heterocycles. The Morgan fingerprint density at radius 3 is 2.35 bits per heavy atom. The van der Waals surface area contributed by atoms with E-state index < -0.39 is 11.9 Å². The van der Waals surface area contributed by atoms with Gasteiger partial charge in [0.25, 0.3) is 0 Å². The van der Waals surface area contributed by atoms with Gasteiger partial charge in [-0.2, -0.15) is 0 Å². The SMILES string of the molecule is NC(=O)C(N)c1ccc(-c2ccccc2)nc1. The molecule has 0 aliphatic heterocycles. The molecular formula is C13H13N3O. The van der Waals surface area contributed by atoms with Crippen LogP contribution >= 0.6 is 0 Å². The van der Waals surface area contributed by atoms with E-state index in [1.165, 1.54) is 0 Å². The number of hydrogen-bond acceptors (Lipinski definition) is 3. The molecule has 0 radical (unpaired) electrons. The molecule has 1 aromatic heterocycles. The van der Waals surface area contributed by atoms with Crippen LogP contribution in [0.1, 0.15) is 11.6 Å². The number of benzene rings is 1. The number of nitrogens with two attached hydrogens (primary N) is 2. The van der Waals surface area contributed by atoms with Crippen LogP contribution in [0.4, 0.5) is 0 Å². The molecule has 1 heterocycles. The van der Waals surface area contributed by atoms with Crippen LogP contribution in [0, 0.1) is 0 Å². The lowest BCUT2D eigenvalue weighted by Gasteiger charge is -2.08. The molecule has 4 nitrogen and oxygen atoms in total. The third-order valence-corrected chi connectivity index (χ3v) is 2.52. The summed E-state index contributed by atoms with van der Waals surface area (Å²) in [7, 11) is 0. The van der Waals surface area contributed by atoms with Crippen LogP contribution < -0.4 is 11.5 Å². The Hall–Kier alpha value is -2.20. The summed E-state index contributed by atoms with van der Waals surface area (Å²) in [5, 5.41) is 0. The average molecular weight is 227 g/mol. The van der Waals surface area contributed by atoms with Gasteiger partial charge in [0.2, 0.25) is 5.91 Å². The zero-order valence-electron chi connectivity index (χ0n) is 9.21. The van der Waals surface area contributed by atoms with Crippen molar-refractivity contribution in [2.45, 2.75) is 6.04 Å². The van der Waals surface area contributed by atoms with Gasteiger partial charge in [0, 0.05) is 11.8 Å². The molecule has 1 aromatic carbocycles. The molecule has 0 bridgehead atoms. The minimum Gasteiger partial charge on any atom is -0.368 e. The first-order valence-electron chi connectivity index (χ1n) is 5.25. The third-order valence-electron chi connectivity index (χ3n) is 2.52. The maximum absolute atomic E-state index is 10.9. The van der Waals surface area contributed by atoms with Crippen molar-refractivity contribution >= 4 is 5.91 Å². The zero-order valence-corrected chi connectivity index (χ0v) is 9.21. The monoisotopic (exact) mass is 227 g/mol. The number of carbonyl (C=O) groups is 1. The molecule has 1 unspecified atom stereocenters. The molecule has 0 fully saturated rings. The quantitative estimate of drug-likeness (QED) is 0.827. The summed E-state index contributed by atoms with van der Waals surface area (Å²) in [6.07, 6.45) is 1.58. The van der Waals surface area contributed by atoms with Crippen molar-refractivity contribution in [3.63, 3.8) is 0 Å². The zero-order chi connectivity index (χ0) is 12.3. The second-order valence-corrected chi connectivity index (χ2v) is 3.72. The molecule has 0 aliphatic carbocycles. The lowest BCUT2D eigenvalue weighted by atomic mass is 10.1. The molecule has 2 rings (SSSR count). The van der Waals surface area contributed by atoms with Gasteiger partial charge in [-0.3, -0.25) is 9.78 Å². The van der Waals surface area contributed by atoms with Crippen LogP contribution in [0.25, 0.3) is 11.3 Å². The number of pyridine rings is 1. The summed E-state index contributed by atoms with van der Waals surface area (Å²) in [5.74, 6) is -0.556. The molecule has 0 saturated carbocycles. The summed E-state index contributed by atoms with van der Waals surface area (Å²) >= 11 is 0. The summed E-state index contributed by atoms with van der Waals surface area (Å²) in [5.41, 5.74) is 13.2. The Bertz CT molecular complexity index is 508. The Morgan fingerprint density at radius 1 is 1.12 bits per heavy atom. The highest BCUT2D eigenvalue weighted by Crippen LogP contribution is 2.17. The number of hydrogen-bond donors (Lipinski definition) is 2. The van der Waals surface area contributed by atoms with E-state index in [2.05, 4.69) is 4.98 Å².